The molecule has 0 atom stereocenters. The molecule has 0 unspecified atom stereocenters. The molecule has 0 aromatic heterocycles. The van der Waals surface area contributed by atoms with Gasteiger partial charge in [-0.3, -0.25) is 9.79 Å². The number of benzene rings is 1. The minimum Gasteiger partial charge on any atom is -0.301 e. The van der Waals surface area contributed by atoms with Crippen molar-refractivity contribution in [3.05, 3.63) is 29.8 Å². The highest BCUT2D eigenvalue weighted by atomic mass is 32.2. The molecule has 112 valence electrons. The Morgan fingerprint density at radius 3 is 2.52 bits per heavy atom. The molecule has 2 N–H and O–H groups in total. The second-order valence-electron chi connectivity index (χ2n) is 4.91. The van der Waals surface area contributed by atoms with Gasteiger partial charge in [-0.05, 0) is 37.1 Å². The number of nitrogens with zero attached hydrogens (tertiary/aromatic N) is 1. The molecule has 1 amide bonds. The molecule has 1 aromatic rings. The fourth-order valence-corrected chi connectivity index (χ4v) is 3.88. The number of thioether (sulfide) groups is 1. The van der Waals surface area contributed by atoms with E-state index < -0.39 is 10.0 Å². The zero-order valence-corrected chi connectivity index (χ0v) is 12.8. The molecule has 1 aromatic carbocycles. The minimum absolute atomic E-state index is 0.0652. The Morgan fingerprint density at radius 1 is 1.24 bits per heavy atom. The standard InChI is InChI=1S/C13H15N3O3S2/c17-12(15-13-14-7-8-20-13)9-1-5-11(6-2-9)21(18,19)16-10-3-4-10/h1-2,5-6,10,16H,3-4,7-8H2,(H,14,15,17). The van der Waals surface area contributed by atoms with Crippen molar-refractivity contribution >= 4 is 32.9 Å². The number of aliphatic imine (C=N–C) groups is 1. The van der Waals surface area contributed by atoms with Gasteiger partial charge in [-0.1, -0.05) is 11.8 Å². The molecule has 0 radical (unpaired) electrons. The molecule has 1 saturated carbocycles. The first-order valence-electron chi connectivity index (χ1n) is 6.65. The molecule has 1 aliphatic carbocycles. The predicted molar refractivity (Wildman–Crippen MR) is 82.0 cm³/mol. The van der Waals surface area contributed by atoms with E-state index in [1.807, 2.05) is 0 Å². The number of nitrogens with one attached hydrogen (secondary N) is 2. The number of sulfonamides is 1. The second kappa shape index (κ2) is 5.78. The van der Waals surface area contributed by atoms with Crippen molar-refractivity contribution in [2.75, 3.05) is 12.3 Å². The molecule has 3 rings (SSSR count). The van der Waals surface area contributed by atoms with Crippen molar-refractivity contribution in [3.8, 4) is 0 Å². The summed E-state index contributed by atoms with van der Waals surface area (Å²) < 4.78 is 26.6. The van der Waals surface area contributed by atoms with E-state index in [1.165, 1.54) is 36.0 Å². The van der Waals surface area contributed by atoms with Crippen molar-refractivity contribution in [3.63, 3.8) is 0 Å². The Morgan fingerprint density at radius 2 is 1.95 bits per heavy atom. The van der Waals surface area contributed by atoms with Crippen LogP contribution in [0.1, 0.15) is 23.2 Å². The van der Waals surface area contributed by atoms with Crippen LogP contribution in [0.2, 0.25) is 0 Å². The lowest BCUT2D eigenvalue weighted by atomic mass is 10.2. The Hall–Kier alpha value is -1.38. The number of carbonyl (C=O) groups is 1. The van der Waals surface area contributed by atoms with Gasteiger partial charge in [0, 0.05) is 17.4 Å². The van der Waals surface area contributed by atoms with Gasteiger partial charge in [-0.2, -0.15) is 0 Å². The summed E-state index contributed by atoms with van der Waals surface area (Å²) in [6.07, 6.45) is 1.78. The summed E-state index contributed by atoms with van der Waals surface area (Å²) in [4.78, 5) is 16.3. The number of hydrogen-bond donors (Lipinski definition) is 2. The average molecular weight is 325 g/mol. The third-order valence-corrected chi connectivity index (χ3v) is 5.56. The lowest BCUT2D eigenvalue weighted by molar-refractivity contribution is 0.0978. The summed E-state index contributed by atoms with van der Waals surface area (Å²) in [7, 11) is -3.47. The highest BCUT2D eigenvalue weighted by Crippen LogP contribution is 2.22. The first kappa shape index (κ1) is 14.6. The first-order chi connectivity index (χ1) is 10.0. The number of hydrogen-bond acceptors (Lipinski definition) is 5. The maximum Gasteiger partial charge on any atom is 0.257 e. The summed E-state index contributed by atoms with van der Waals surface area (Å²) in [6, 6.07) is 5.98. The molecule has 1 fully saturated rings. The SMILES string of the molecule is O=C(NC1=NCCS1)c1ccc(S(=O)(=O)NC2CC2)cc1. The average Bonchev–Trinajstić information content (AvgIpc) is 3.11. The molecule has 1 aliphatic heterocycles. The highest BCUT2D eigenvalue weighted by molar-refractivity contribution is 8.14. The van der Waals surface area contributed by atoms with Crippen LogP contribution >= 0.6 is 11.8 Å². The third kappa shape index (κ3) is 3.63. The summed E-state index contributed by atoms with van der Waals surface area (Å²) in [5, 5.41) is 3.32. The van der Waals surface area contributed by atoms with Crippen molar-refractivity contribution in [2.45, 2.75) is 23.8 Å². The van der Waals surface area contributed by atoms with Gasteiger partial charge >= 0.3 is 0 Å². The van der Waals surface area contributed by atoms with Gasteiger partial charge in [0.25, 0.3) is 5.91 Å². The fourth-order valence-electron chi connectivity index (χ4n) is 1.85. The third-order valence-electron chi connectivity index (χ3n) is 3.13. The zero-order chi connectivity index (χ0) is 14.9. The van der Waals surface area contributed by atoms with Crippen LogP contribution in [0, 0.1) is 0 Å². The van der Waals surface area contributed by atoms with Crippen molar-refractivity contribution in [1.29, 1.82) is 0 Å². The van der Waals surface area contributed by atoms with Gasteiger partial charge in [0.05, 0.1) is 11.4 Å². The molecular formula is C13H15N3O3S2. The molecule has 0 spiro atoms. The summed E-state index contributed by atoms with van der Waals surface area (Å²) in [5.41, 5.74) is 0.413. The molecule has 21 heavy (non-hydrogen) atoms. The lowest BCUT2D eigenvalue weighted by Gasteiger charge is -2.07. The fraction of sp³-hybridized carbons (Fsp3) is 0.385. The normalized spacial score (nSPS) is 18.4. The van der Waals surface area contributed by atoms with Crippen LogP contribution in [0.4, 0.5) is 0 Å². The number of amidine groups is 1. The van der Waals surface area contributed by atoms with E-state index in [2.05, 4.69) is 15.0 Å². The molecule has 0 saturated heterocycles. The van der Waals surface area contributed by atoms with Crippen LogP contribution in [-0.2, 0) is 10.0 Å². The quantitative estimate of drug-likeness (QED) is 0.863. The van der Waals surface area contributed by atoms with Gasteiger partial charge < -0.3 is 5.32 Å². The topological polar surface area (TPSA) is 87.6 Å². The summed E-state index contributed by atoms with van der Waals surface area (Å²) in [5.74, 6) is 0.599. The van der Waals surface area contributed by atoms with Crippen LogP contribution in [-0.4, -0.2) is 37.8 Å². The van der Waals surface area contributed by atoms with E-state index >= 15 is 0 Å². The van der Waals surface area contributed by atoms with E-state index in [4.69, 9.17) is 0 Å². The maximum absolute atomic E-state index is 12.0. The summed E-state index contributed by atoms with van der Waals surface area (Å²) >= 11 is 1.50. The largest absolute Gasteiger partial charge is 0.301 e. The number of amides is 1. The Kier molecular flexibility index (Phi) is 4.01. The van der Waals surface area contributed by atoms with Gasteiger partial charge in [-0.15, -0.1) is 0 Å². The van der Waals surface area contributed by atoms with Crippen molar-refractivity contribution in [2.24, 2.45) is 4.99 Å². The van der Waals surface area contributed by atoms with E-state index in [-0.39, 0.29) is 16.8 Å². The van der Waals surface area contributed by atoms with E-state index in [0.29, 0.717) is 17.3 Å². The molecule has 8 heteroatoms. The first-order valence-corrected chi connectivity index (χ1v) is 9.12. The zero-order valence-electron chi connectivity index (χ0n) is 11.2. The second-order valence-corrected chi connectivity index (χ2v) is 7.71. The highest BCUT2D eigenvalue weighted by Gasteiger charge is 2.28. The smallest absolute Gasteiger partial charge is 0.257 e. The Bertz CT molecular complexity index is 679. The van der Waals surface area contributed by atoms with E-state index in [1.54, 1.807) is 0 Å². The Labute approximate surface area is 127 Å². The predicted octanol–water partition coefficient (Wildman–Crippen LogP) is 0.960. The van der Waals surface area contributed by atoms with Gasteiger partial charge in [0.15, 0.2) is 5.17 Å². The monoisotopic (exact) mass is 325 g/mol. The number of carbonyl (C=O) groups excluding carboxylic acids is 1. The minimum atomic E-state index is -3.47. The lowest BCUT2D eigenvalue weighted by Crippen LogP contribution is -2.28. The molecular weight excluding hydrogens is 310 g/mol. The van der Waals surface area contributed by atoms with Crippen molar-refractivity contribution < 1.29 is 13.2 Å². The van der Waals surface area contributed by atoms with Gasteiger partial charge in [0.1, 0.15) is 0 Å². The maximum atomic E-state index is 12.0. The van der Waals surface area contributed by atoms with Crippen LogP contribution in [0.25, 0.3) is 0 Å². The summed E-state index contributed by atoms with van der Waals surface area (Å²) in [6.45, 7) is 0.713. The van der Waals surface area contributed by atoms with E-state index in [0.717, 1.165) is 18.6 Å². The van der Waals surface area contributed by atoms with Crippen molar-refractivity contribution in [1.82, 2.24) is 10.0 Å². The van der Waals surface area contributed by atoms with Crippen LogP contribution < -0.4 is 10.0 Å². The van der Waals surface area contributed by atoms with Gasteiger partial charge in [-0.25, -0.2) is 13.1 Å². The van der Waals surface area contributed by atoms with Crippen LogP contribution in [0.5, 0.6) is 0 Å². The molecule has 1 heterocycles. The van der Waals surface area contributed by atoms with Gasteiger partial charge in [0.2, 0.25) is 10.0 Å². The Balaban J connectivity index is 1.69. The van der Waals surface area contributed by atoms with E-state index in [9.17, 15) is 13.2 Å². The van der Waals surface area contributed by atoms with Crippen LogP contribution in [0.15, 0.2) is 34.2 Å². The molecule has 2 aliphatic rings. The number of rotatable bonds is 4. The molecule has 0 bridgehead atoms. The molecule has 6 nitrogen and oxygen atoms in total. The van der Waals surface area contributed by atoms with Crippen LogP contribution in [0.3, 0.4) is 0 Å².